The molecule has 4 heterocycles. The maximum atomic E-state index is 4.66. The van der Waals surface area contributed by atoms with Gasteiger partial charge in [0.25, 0.3) is 0 Å². The van der Waals surface area contributed by atoms with E-state index in [1.807, 2.05) is 49.2 Å². The van der Waals surface area contributed by atoms with Crippen LogP contribution in [-0.4, -0.2) is 26.6 Å². The molecule has 3 aromatic carbocycles. The van der Waals surface area contributed by atoms with E-state index in [4.69, 9.17) is 0 Å². The van der Waals surface area contributed by atoms with Crippen molar-refractivity contribution in [2.45, 2.75) is 36.0 Å². The van der Waals surface area contributed by atoms with E-state index in [0.717, 1.165) is 49.2 Å². The molecule has 0 amide bonds. The third-order valence-electron chi connectivity index (χ3n) is 7.17. The van der Waals surface area contributed by atoms with Crippen LogP contribution in [0.15, 0.2) is 95.2 Å². The number of rotatable bonds is 4. The number of aromatic nitrogens is 4. The molecule has 3 aromatic heterocycles. The molecule has 0 saturated carbocycles. The zero-order valence-corrected chi connectivity index (χ0v) is 26.2. The summed E-state index contributed by atoms with van der Waals surface area (Å²) < 4.78 is 2.20. The van der Waals surface area contributed by atoms with Crippen LogP contribution in [0.1, 0.15) is 26.3 Å². The maximum absolute atomic E-state index is 4.66. The Morgan fingerprint density at radius 1 is 0.878 bits per heavy atom. The summed E-state index contributed by atoms with van der Waals surface area (Å²) in [5, 5.41) is 2.35. The Bertz CT molecular complexity index is 1880. The quantitative estimate of drug-likeness (QED) is 0.173. The SMILES string of the molecule is CN1[CH-]N(c2[c-]c(Sc3[c-]c4c(cc3)c3ccccc3n4-c3ccccn3)cc(C(C)(C)C)c2)c2cncnc21.[Pt]. The van der Waals surface area contributed by atoms with E-state index < -0.39 is 0 Å². The smallest absolute Gasteiger partial charge is 0.135 e. The van der Waals surface area contributed by atoms with Gasteiger partial charge in [-0.3, -0.25) is 0 Å². The monoisotopic (exact) mass is 734 g/mol. The molecule has 208 valence electrons. The first-order chi connectivity index (χ1) is 19.4. The van der Waals surface area contributed by atoms with Gasteiger partial charge in [0, 0.05) is 32.8 Å². The summed E-state index contributed by atoms with van der Waals surface area (Å²) >= 11 is 1.67. The van der Waals surface area contributed by atoms with Gasteiger partial charge in [-0.05, 0) is 36.0 Å². The van der Waals surface area contributed by atoms with Gasteiger partial charge in [-0.25, -0.2) is 15.0 Å². The van der Waals surface area contributed by atoms with Gasteiger partial charge in [-0.1, -0.05) is 50.6 Å². The van der Waals surface area contributed by atoms with Gasteiger partial charge < -0.3 is 14.4 Å². The van der Waals surface area contributed by atoms with Crippen molar-refractivity contribution in [3.8, 4) is 5.82 Å². The second-order valence-electron chi connectivity index (χ2n) is 10.9. The molecule has 6 aromatic rings. The number of pyridine rings is 1. The summed E-state index contributed by atoms with van der Waals surface area (Å²) in [5.41, 5.74) is 5.22. The molecule has 6 nitrogen and oxygen atoms in total. The van der Waals surface area contributed by atoms with Crippen molar-refractivity contribution in [2.24, 2.45) is 0 Å². The molecule has 41 heavy (non-hydrogen) atoms. The second-order valence-corrected chi connectivity index (χ2v) is 12.0. The molecule has 0 spiro atoms. The predicted molar refractivity (Wildman–Crippen MR) is 162 cm³/mol. The van der Waals surface area contributed by atoms with Crippen LogP contribution in [-0.2, 0) is 26.5 Å². The predicted octanol–water partition coefficient (Wildman–Crippen LogP) is 7.72. The van der Waals surface area contributed by atoms with E-state index >= 15 is 0 Å². The average Bonchev–Trinajstić information content (AvgIpc) is 3.47. The van der Waals surface area contributed by atoms with Crippen molar-refractivity contribution in [2.75, 3.05) is 16.8 Å². The van der Waals surface area contributed by atoms with Crippen molar-refractivity contribution in [1.82, 2.24) is 19.5 Å². The van der Waals surface area contributed by atoms with Gasteiger partial charge in [0.2, 0.25) is 0 Å². The third-order valence-corrected chi connectivity index (χ3v) is 8.06. The average molecular weight is 735 g/mol. The Kier molecular flexibility index (Phi) is 7.12. The molecule has 0 bridgehead atoms. The number of nitrogens with zero attached hydrogens (tertiary/aromatic N) is 6. The molecule has 0 N–H and O–H groups in total. The van der Waals surface area contributed by atoms with Crippen LogP contribution in [0, 0.1) is 18.8 Å². The van der Waals surface area contributed by atoms with Crippen LogP contribution in [0.4, 0.5) is 17.2 Å². The molecule has 8 heteroatoms. The Hall–Kier alpha value is -3.67. The first-order valence-electron chi connectivity index (χ1n) is 13.2. The molecule has 1 aliphatic heterocycles. The van der Waals surface area contributed by atoms with Gasteiger partial charge in [0.1, 0.15) is 18.0 Å². The fraction of sp³-hybridized carbons (Fsp3) is 0.152. The summed E-state index contributed by atoms with van der Waals surface area (Å²) in [6.07, 6.45) is 5.27. The van der Waals surface area contributed by atoms with Gasteiger partial charge >= 0.3 is 0 Å². The van der Waals surface area contributed by atoms with Gasteiger partial charge in [-0.2, -0.15) is 24.9 Å². The largest absolute Gasteiger partial charge is 0.491 e. The van der Waals surface area contributed by atoms with Gasteiger partial charge in [0.15, 0.2) is 0 Å². The topological polar surface area (TPSA) is 50.1 Å². The Balaban J connectivity index is 0.00000302. The zero-order chi connectivity index (χ0) is 27.4. The molecule has 1 aliphatic rings. The Morgan fingerprint density at radius 3 is 2.51 bits per heavy atom. The number of para-hydroxylation sites is 1. The fourth-order valence-corrected chi connectivity index (χ4v) is 6.02. The molecule has 0 unspecified atom stereocenters. The van der Waals surface area contributed by atoms with E-state index in [2.05, 4.69) is 106 Å². The van der Waals surface area contributed by atoms with Crippen molar-refractivity contribution in [3.63, 3.8) is 0 Å². The van der Waals surface area contributed by atoms with Crippen LogP contribution < -0.4 is 9.80 Å². The van der Waals surface area contributed by atoms with Crippen molar-refractivity contribution < 1.29 is 21.1 Å². The third kappa shape index (κ3) is 4.91. The summed E-state index contributed by atoms with van der Waals surface area (Å²) in [6.45, 7) is 8.75. The standard InChI is InChI=1S/C33H27N6S.Pt/c1-33(2,3)22-15-23(38-21-37(4)32-30(38)19-34-20-36-32)17-25(16-22)40-24-12-13-27-26-9-5-6-10-28(26)39(29(27)18-24)31-11-7-8-14-35-31;/h5-16,19-21H,1-4H3;/q-3;. The summed E-state index contributed by atoms with van der Waals surface area (Å²) in [4.78, 5) is 19.6. The van der Waals surface area contributed by atoms with Crippen LogP contribution in [0.2, 0.25) is 0 Å². The van der Waals surface area contributed by atoms with Crippen molar-refractivity contribution in [3.05, 3.63) is 110 Å². The Labute approximate surface area is 258 Å². The molecular formula is C33H27N6PtS-3. The second kappa shape index (κ2) is 10.6. The number of benzene rings is 3. The summed E-state index contributed by atoms with van der Waals surface area (Å²) in [6, 6.07) is 30.6. The number of hydrogen-bond donors (Lipinski definition) is 0. The van der Waals surface area contributed by atoms with Gasteiger partial charge in [-0.15, -0.1) is 56.4 Å². The van der Waals surface area contributed by atoms with E-state index in [9.17, 15) is 0 Å². The van der Waals surface area contributed by atoms with E-state index in [-0.39, 0.29) is 26.5 Å². The van der Waals surface area contributed by atoms with E-state index in [1.54, 1.807) is 18.1 Å². The minimum Gasteiger partial charge on any atom is -0.491 e. The molecule has 0 saturated heterocycles. The normalized spacial score (nSPS) is 13.1. The maximum Gasteiger partial charge on any atom is 0.135 e. The van der Waals surface area contributed by atoms with Crippen molar-refractivity contribution in [1.29, 1.82) is 0 Å². The fourth-order valence-electron chi connectivity index (χ4n) is 5.16. The Morgan fingerprint density at radius 2 is 1.71 bits per heavy atom. The number of anilines is 3. The van der Waals surface area contributed by atoms with Crippen molar-refractivity contribution >= 4 is 50.8 Å². The summed E-state index contributed by atoms with van der Waals surface area (Å²) in [5.74, 6) is 1.75. The molecule has 0 aliphatic carbocycles. The molecule has 7 rings (SSSR count). The van der Waals surface area contributed by atoms with E-state index in [1.165, 1.54) is 10.9 Å². The number of fused-ring (bicyclic) bond motifs is 4. The zero-order valence-electron chi connectivity index (χ0n) is 23.1. The first-order valence-corrected chi connectivity index (χ1v) is 14.0. The van der Waals surface area contributed by atoms with Gasteiger partial charge in [0.05, 0.1) is 11.9 Å². The minimum absolute atomic E-state index is 0. The van der Waals surface area contributed by atoms with Crippen LogP contribution in [0.3, 0.4) is 0 Å². The molecule has 0 atom stereocenters. The first kappa shape index (κ1) is 27.5. The minimum atomic E-state index is -0.0418. The molecule has 0 fully saturated rings. The molecular weight excluding hydrogens is 708 g/mol. The van der Waals surface area contributed by atoms with Crippen LogP contribution in [0.25, 0.3) is 27.6 Å². The van der Waals surface area contributed by atoms with E-state index in [0.29, 0.717) is 0 Å². The van der Waals surface area contributed by atoms with Crippen LogP contribution >= 0.6 is 11.8 Å². The number of hydrogen-bond acceptors (Lipinski definition) is 6. The summed E-state index contributed by atoms with van der Waals surface area (Å²) in [7, 11) is 2.00. The van der Waals surface area contributed by atoms with Crippen LogP contribution in [0.5, 0.6) is 0 Å². The molecule has 0 radical (unpaired) electrons.